The summed E-state index contributed by atoms with van der Waals surface area (Å²) in [4.78, 5) is 48.2. The smallest absolute Gasteiger partial charge is 0.367 e. The zero-order chi connectivity index (χ0) is 24.8. The van der Waals surface area contributed by atoms with Gasteiger partial charge in [-0.15, -0.1) is 0 Å². The first kappa shape index (κ1) is 23.3. The van der Waals surface area contributed by atoms with Gasteiger partial charge in [0.05, 0.1) is 35.6 Å². The molecule has 1 unspecified atom stereocenters. The molecule has 1 fully saturated rings. The minimum absolute atomic E-state index is 0.0740. The fourth-order valence-electron chi connectivity index (χ4n) is 3.96. The van der Waals surface area contributed by atoms with Crippen molar-refractivity contribution in [1.29, 1.82) is 0 Å². The number of aromatic nitrogens is 4. The maximum atomic E-state index is 15.1. The Morgan fingerprint density at radius 3 is 2.68 bits per heavy atom. The highest BCUT2D eigenvalue weighted by Gasteiger charge is 2.35. The molecule has 1 aliphatic rings. The Bertz CT molecular complexity index is 1350. The van der Waals surface area contributed by atoms with Crippen LogP contribution in [0.25, 0.3) is 11.2 Å². The van der Waals surface area contributed by atoms with Crippen LogP contribution in [0.1, 0.15) is 12.0 Å². The van der Waals surface area contributed by atoms with Crippen LogP contribution in [-0.4, -0.2) is 62.8 Å². The highest BCUT2D eigenvalue weighted by atomic mass is 19.4. The van der Waals surface area contributed by atoms with Crippen LogP contribution in [0, 0.1) is 0 Å². The molecule has 0 aliphatic carbocycles. The second kappa shape index (κ2) is 8.50. The van der Waals surface area contributed by atoms with Gasteiger partial charge in [0.25, 0.3) is 5.56 Å². The second-order valence-electron chi connectivity index (χ2n) is 8.08. The van der Waals surface area contributed by atoms with E-state index >= 15 is 4.39 Å². The van der Waals surface area contributed by atoms with E-state index in [1.54, 1.807) is 11.0 Å². The van der Waals surface area contributed by atoms with Gasteiger partial charge in [0.15, 0.2) is 5.65 Å². The minimum atomic E-state index is -4.71. The van der Waals surface area contributed by atoms with E-state index in [0.717, 1.165) is 16.5 Å². The van der Waals surface area contributed by atoms with E-state index < -0.39 is 46.9 Å². The van der Waals surface area contributed by atoms with Crippen LogP contribution in [0.5, 0.6) is 0 Å². The molecule has 34 heavy (non-hydrogen) atoms. The van der Waals surface area contributed by atoms with Crippen molar-refractivity contribution in [3.63, 3.8) is 0 Å². The number of anilines is 2. The standard InChI is InChI=1S/C20H21F4N7O3/c1-29-8-10(20(22,23)24)5-14(17(29)32)27-19(34)30(2)15-3-4-31(9-12(15)21)11-6-13-16(25-7-11)28-18(33)26-13/h5-8,12,15H,3-4,9H2,1-2H3,(H,27,34)(H2,25,26,28,33)/t12?,15-/m1/s1. The van der Waals surface area contributed by atoms with Gasteiger partial charge in [-0.2, -0.15) is 13.2 Å². The zero-order valence-electron chi connectivity index (χ0n) is 18.1. The van der Waals surface area contributed by atoms with Crippen LogP contribution < -0.4 is 21.5 Å². The van der Waals surface area contributed by atoms with Gasteiger partial charge in [-0.3, -0.25) is 9.78 Å². The minimum Gasteiger partial charge on any atom is -0.367 e. The van der Waals surface area contributed by atoms with E-state index in [0.29, 0.717) is 35.7 Å². The molecular formula is C20H21F4N7O3. The first-order valence-corrected chi connectivity index (χ1v) is 10.2. The number of hydrogen-bond donors (Lipinski definition) is 3. The van der Waals surface area contributed by atoms with Crippen molar-refractivity contribution >= 4 is 28.6 Å². The molecule has 14 heteroatoms. The molecule has 0 radical (unpaired) electrons. The molecule has 4 rings (SSSR count). The normalized spacial score (nSPS) is 18.8. The number of nitrogens with one attached hydrogen (secondary N) is 3. The predicted octanol–water partition coefficient (Wildman–Crippen LogP) is 2.05. The third-order valence-corrected chi connectivity index (χ3v) is 5.80. The van der Waals surface area contributed by atoms with Crippen molar-refractivity contribution < 1.29 is 22.4 Å². The van der Waals surface area contributed by atoms with Crippen LogP contribution in [0.2, 0.25) is 0 Å². The largest absolute Gasteiger partial charge is 0.417 e. The molecule has 0 aromatic carbocycles. The van der Waals surface area contributed by atoms with E-state index in [-0.39, 0.29) is 13.0 Å². The summed E-state index contributed by atoms with van der Waals surface area (Å²) in [5, 5.41) is 2.17. The van der Waals surface area contributed by atoms with E-state index in [1.165, 1.54) is 13.2 Å². The average molecular weight is 483 g/mol. The molecule has 0 saturated carbocycles. The van der Waals surface area contributed by atoms with Gasteiger partial charge in [0.1, 0.15) is 11.9 Å². The summed E-state index contributed by atoms with van der Waals surface area (Å²) >= 11 is 0. The molecule has 4 heterocycles. The lowest BCUT2D eigenvalue weighted by Gasteiger charge is -2.39. The number of halogens is 4. The molecule has 1 saturated heterocycles. The Balaban J connectivity index is 1.46. The SMILES string of the molecule is CN(C(=O)Nc1cc(C(F)(F)F)cn(C)c1=O)[C@@H]1CCN(c2cnc3[nH]c(=O)[nH]c3c2)CC1F. The van der Waals surface area contributed by atoms with Crippen molar-refractivity contribution in [3.05, 3.63) is 50.9 Å². The first-order chi connectivity index (χ1) is 15.9. The summed E-state index contributed by atoms with van der Waals surface area (Å²) in [7, 11) is 2.46. The maximum absolute atomic E-state index is 15.1. The number of fused-ring (bicyclic) bond motifs is 1. The summed E-state index contributed by atoms with van der Waals surface area (Å²) in [6, 6.07) is 0.450. The molecule has 3 aromatic heterocycles. The fourth-order valence-corrected chi connectivity index (χ4v) is 3.96. The number of imidazole rings is 1. The zero-order valence-corrected chi connectivity index (χ0v) is 18.1. The van der Waals surface area contributed by atoms with Gasteiger partial charge in [-0.05, 0) is 18.6 Å². The van der Waals surface area contributed by atoms with Crippen molar-refractivity contribution in [2.24, 2.45) is 7.05 Å². The number of amides is 2. The molecular weight excluding hydrogens is 462 g/mol. The number of nitrogens with zero attached hydrogens (tertiary/aromatic N) is 4. The molecule has 3 N–H and O–H groups in total. The van der Waals surface area contributed by atoms with Gasteiger partial charge in [-0.25, -0.2) is 19.0 Å². The molecule has 2 atom stereocenters. The number of H-pyrrole nitrogens is 2. The van der Waals surface area contributed by atoms with Crippen LogP contribution in [0.15, 0.2) is 34.1 Å². The quantitative estimate of drug-likeness (QED) is 0.493. The Morgan fingerprint density at radius 1 is 1.26 bits per heavy atom. The molecule has 10 nitrogen and oxygen atoms in total. The molecule has 2 amide bonds. The van der Waals surface area contributed by atoms with Crippen molar-refractivity contribution in [2.45, 2.75) is 24.8 Å². The van der Waals surface area contributed by atoms with Crippen molar-refractivity contribution in [3.8, 4) is 0 Å². The Hall–Kier alpha value is -3.84. The summed E-state index contributed by atoms with van der Waals surface area (Å²) in [6.45, 7) is 0.283. The number of carbonyl (C=O) groups is 1. The lowest BCUT2D eigenvalue weighted by atomic mass is 10.0. The Labute approximate surface area is 189 Å². The van der Waals surface area contributed by atoms with E-state index in [1.807, 2.05) is 0 Å². The summed E-state index contributed by atoms with van der Waals surface area (Å²) in [5.41, 5.74) is -1.46. The number of rotatable bonds is 3. The van der Waals surface area contributed by atoms with Crippen LogP contribution >= 0.6 is 0 Å². The monoisotopic (exact) mass is 483 g/mol. The molecule has 1 aliphatic heterocycles. The van der Waals surface area contributed by atoms with Gasteiger partial charge in [0, 0.05) is 26.8 Å². The van der Waals surface area contributed by atoms with E-state index in [9.17, 15) is 27.6 Å². The Kier molecular flexibility index (Phi) is 5.83. The topological polar surface area (TPSA) is 119 Å². The summed E-state index contributed by atoms with van der Waals surface area (Å²) < 4.78 is 55.0. The highest BCUT2D eigenvalue weighted by molar-refractivity contribution is 5.89. The van der Waals surface area contributed by atoms with Crippen LogP contribution in [0.4, 0.5) is 33.7 Å². The molecule has 0 bridgehead atoms. The second-order valence-corrected chi connectivity index (χ2v) is 8.08. The Morgan fingerprint density at radius 2 is 2.00 bits per heavy atom. The number of urea groups is 1. The number of pyridine rings is 2. The first-order valence-electron chi connectivity index (χ1n) is 10.2. The predicted molar refractivity (Wildman–Crippen MR) is 116 cm³/mol. The van der Waals surface area contributed by atoms with Gasteiger partial charge < -0.3 is 24.7 Å². The molecule has 0 spiro atoms. The number of carbonyl (C=O) groups excluding carboxylic acids is 1. The van der Waals surface area contributed by atoms with Crippen LogP contribution in [-0.2, 0) is 13.2 Å². The summed E-state index contributed by atoms with van der Waals surface area (Å²) in [6.07, 6.45) is -3.86. The molecule has 182 valence electrons. The van der Waals surface area contributed by atoms with Gasteiger partial charge >= 0.3 is 17.9 Å². The lowest BCUT2D eigenvalue weighted by molar-refractivity contribution is -0.138. The molecule has 3 aromatic rings. The number of piperidine rings is 1. The fraction of sp³-hybridized carbons (Fsp3) is 0.400. The summed E-state index contributed by atoms with van der Waals surface area (Å²) in [5.74, 6) is 0. The maximum Gasteiger partial charge on any atom is 0.417 e. The third kappa shape index (κ3) is 4.47. The number of alkyl halides is 4. The number of aromatic amines is 2. The average Bonchev–Trinajstić information content (AvgIpc) is 3.14. The van der Waals surface area contributed by atoms with Crippen molar-refractivity contribution in [2.75, 3.05) is 30.4 Å². The number of hydrogen-bond acceptors (Lipinski definition) is 5. The van der Waals surface area contributed by atoms with Gasteiger partial charge in [0.2, 0.25) is 0 Å². The van der Waals surface area contributed by atoms with Gasteiger partial charge in [-0.1, -0.05) is 0 Å². The van der Waals surface area contributed by atoms with E-state index in [4.69, 9.17) is 0 Å². The highest BCUT2D eigenvalue weighted by Crippen LogP contribution is 2.30. The lowest BCUT2D eigenvalue weighted by Crippen LogP contribution is -2.54. The van der Waals surface area contributed by atoms with Crippen LogP contribution in [0.3, 0.4) is 0 Å². The number of aryl methyl sites for hydroxylation is 1. The third-order valence-electron chi connectivity index (χ3n) is 5.80. The van der Waals surface area contributed by atoms with Crippen molar-refractivity contribution in [1.82, 2.24) is 24.4 Å². The van der Waals surface area contributed by atoms with E-state index in [2.05, 4.69) is 20.3 Å².